The predicted octanol–water partition coefficient (Wildman–Crippen LogP) is -0.666. The first-order chi connectivity index (χ1) is 22.4. The van der Waals surface area contributed by atoms with Crippen molar-refractivity contribution < 1.29 is 67.0 Å². The van der Waals surface area contributed by atoms with Gasteiger partial charge < -0.3 is 55.6 Å². The third-order valence-electron chi connectivity index (χ3n) is 5.66. The largest absolute Gasteiger partial charge is 0.453 e. The zero-order valence-corrected chi connectivity index (χ0v) is 27.5. The molecule has 0 saturated carbocycles. The highest BCUT2D eigenvalue weighted by Gasteiger charge is 2.35. The number of nitrogens with one attached hydrogen (secondary N) is 5. The molecule has 1 heterocycles. The highest BCUT2D eigenvalue weighted by Crippen LogP contribution is 2.14. The molecule has 0 aromatic heterocycles. The van der Waals surface area contributed by atoms with Crippen molar-refractivity contribution >= 4 is 48.1 Å². The lowest BCUT2D eigenvalue weighted by atomic mass is 10.1. The predicted molar refractivity (Wildman–Crippen MR) is 160 cm³/mol. The number of hydrogen-bond donors (Lipinski definition) is 6. The number of alkyl carbamates (subject to hydrolysis) is 4. The van der Waals surface area contributed by atoms with Crippen molar-refractivity contribution in [2.24, 2.45) is 5.73 Å². The number of rotatable bonds is 16. The molecule has 21 heteroatoms. The van der Waals surface area contributed by atoms with Crippen LogP contribution >= 0.6 is 0 Å². The molecule has 7 N–H and O–H groups in total. The summed E-state index contributed by atoms with van der Waals surface area (Å²) in [5, 5.41) is 10.0. The molecule has 2 atom stereocenters. The fourth-order valence-corrected chi connectivity index (χ4v) is 3.36. The van der Waals surface area contributed by atoms with Crippen molar-refractivity contribution in [2.45, 2.75) is 63.5 Å². The quantitative estimate of drug-likeness (QED) is 0.0510. The molecule has 0 aromatic carbocycles. The second-order valence-corrected chi connectivity index (χ2v) is 8.82. The Balaban J connectivity index is 0. The molecule has 0 radical (unpaired) electrons. The van der Waals surface area contributed by atoms with Crippen LogP contribution in [0, 0.1) is 0 Å². The van der Waals surface area contributed by atoms with E-state index in [0.29, 0.717) is 50.3 Å². The van der Waals surface area contributed by atoms with E-state index in [1.54, 1.807) is 0 Å². The van der Waals surface area contributed by atoms with E-state index < -0.39 is 60.2 Å². The van der Waals surface area contributed by atoms with Gasteiger partial charge in [0.2, 0.25) is 0 Å². The van der Waals surface area contributed by atoms with E-state index in [1.165, 1.54) is 35.4 Å². The molecule has 0 bridgehead atoms. The Morgan fingerprint density at radius 2 is 1.04 bits per heavy atom. The Kier molecular flexibility index (Phi) is 25.8. The summed E-state index contributed by atoms with van der Waals surface area (Å²) >= 11 is 0. The molecule has 0 aromatic rings. The molecular weight excluding hydrogens is 634 g/mol. The molecule has 0 aliphatic carbocycles. The third kappa shape index (κ3) is 20.7. The molecule has 21 nitrogen and oxygen atoms in total. The monoisotopic (exact) mass is 681 g/mol. The summed E-state index contributed by atoms with van der Waals surface area (Å²) in [6, 6.07) is -1.92. The molecule has 6 amide bonds. The summed E-state index contributed by atoms with van der Waals surface area (Å²) < 4.78 is 17.7. The number of unbranched alkanes of at least 4 members (excludes halogenated alkanes) is 2. The minimum atomic E-state index is -1.10. The number of hydroxylamine groups is 3. The van der Waals surface area contributed by atoms with Gasteiger partial charge in [0, 0.05) is 33.0 Å². The van der Waals surface area contributed by atoms with Crippen LogP contribution in [-0.4, -0.2) is 121 Å². The van der Waals surface area contributed by atoms with E-state index in [0.717, 1.165) is 7.11 Å². The molecular formula is C26H47N7O14. The normalized spacial score (nSPS) is 12.7. The molecule has 2 unspecified atom stereocenters. The summed E-state index contributed by atoms with van der Waals surface area (Å²) in [6.45, 7) is 0.731. The van der Waals surface area contributed by atoms with E-state index >= 15 is 0 Å². The maximum atomic E-state index is 12.1. The Labute approximate surface area is 272 Å². The standard InChI is InChI=1S/C14H21N3O8.C11H21N3O6.CH5N/c1-23-13(21)15-8-4-3-5-9(16-14(22)24-2)12(20)25-17-10(18)6-7-11(17)19;1-12-20-9(15)8(14-11(17)19-3)6-4-5-7-13-10(16)18-2;1-2/h9H,3-8H2,1-2H3,(H,15,21)(H,16,22);8,12H,4-7H2,1-3H3,(H,13,16)(H,14,17);2H2,1H3. The number of carbonyl (C=O) groups excluding carboxylic acids is 8. The fourth-order valence-electron chi connectivity index (χ4n) is 3.36. The van der Waals surface area contributed by atoms with Gasteiger partial charge in [-0.25, -0.2) is 28.8 Å². The van der Waals surface area contributed by atoms with Gasteiger partial charge in [-0.2, -0.15) is 5.48 Å². The molecule has 1 rings (SSSR count). The smallest absolute Gasteiger partial charge is 0.407 e. The molecule has 1 saturated heterocycles. The van der Waals surface area contributed by atoms with Gasteiger partial charge in [0.25, 0.3) is 11.8 Å². The number of amides is 6. The highest BCUT2D eigenvalue weighted by atomic mass is 16.7. The topological polar surface area (TPSA) is 281 Å². The van der Waals surface area contributed by atoms with Gasteiger partial charge in [-0.15, -0.1) is 5.06 Å². The summed E-state index contributed by atoms with van der Waals surface area (Å²) in [7, 11) is 7.79. The lowest BCUT2D eigenvalue weighted by Gasteiger charge is -2.19. The van der Waals surface area contributed by atoms with E-state index in [2.05, 4.69) is 56.3 Å². The maximum Gasteiger partial charge on any atom is 0.407 e. The highest BCUT2D eigenvalue weighted by molar-refractivity contribution is 6.01. The van der Waals surface area contributed by atoms with Crippen LogP contribution in [0.1, 0.15) is 51.4 Å². The molecule has 1 fully saturated rings. The molecule has 0 spiro atoms. The van der Waals surface area contributed by atoms with Crippen LogP contribution in [0.2, 0.25) is 0 Å². The van der Waals surface area contributed by atoms with Gasteiger partial charge in [0.15, 0.2) is 0 Å². The van der Waals surface area contributed by atoms with Crippen LogP contribution in [0.5, 0.6) is 0 Å². The minimum Gasteiger partial charge on any atom is -0.453 e. The van der Waals surface area contributed by atoms with Crippen LogP contribution < -0.4 is 32.5 Å². The Morgan fingerprint density at radius 1 is 0.660 bits per heavy atom. The SMILES string of the molecule is CN.CNOC(=O)C(CCCCNC(=O)OC)NC(=O)OC.COC(=O)NCCCCC(NC(=O)OC)C(=O)ON1C(=O)CCC1=O. The summed E-state index contributed by atoms with van der Waals surface area (Å²) in [6.07, 6.45) is -0.0210. The average molecular weight is 682 g/mol. The number of carbonyl (C=O) groups is 8. The third-order valence-corrected chi connectivity index (χ3v) is 5.66. The van der Waals surface area contributed by atoms with Crippen LogP contribution in [0.3, 0.4) is 0 Å². The van der Waals surface area contributed by atoms with E-state index in [9.17, 15) is 38.4 Å². The second kappa shape index (κ2) is 27.4. The van der Waals surface area contributed by atoms with Gasteiger partial charge in [-0.05, 0) is 45.6 Å². The van der Waals surface area contributed by atoms with Crippen molar-refractivity contribution in [3.63, 3.8) is 0 Å². The number of nitrogens with two attached hydrogens (primary N) is 1. The number of hydrogen-bond acceptors (Lipinski definition) is 16. The van der Waals surface area contributed by atoms with Crippen molar-refractivity contribution in [3.05, 3.63) is 0 Å². The Morgan fingerprint density at radius 3 is 1.40 bits per heavy atom. The molecule has 47 heavy (non-hydrogen) atoms. The number of imide groups is 1. The minimum absolute atomic E-state index is 0.0274. The molecule has 1 aliphatic rings. The zero-order valence-electron chi connectivity index (χ0n) is 27.5. The van der Waals surface area contributed by atoms with Gasteiger partial charge in [-0.3, -0.25) is 9.59 Å². The lowest BCUT2D eigenvalue weighted by molar-refractivity contribution is -0.199. The van der Waals surface area contributed by atoms with Gasteiger partial charge in [0.1, 0.15) is 12.1 Å². The van der Waals surface area contributed by atoms with Crippen LogP contribution in [-0.2, 0) is 47.8 Å². The van der Waals surface area contributed by atoms with Crippen molar-refractivity contribution in [2.75, 3.05) is 55.6 Å². The molecule has 270 valence electrons. The van der Waals surface area contributed by atoms with Crippen molar-refractivity contribution in [1.29, 1.82) is 0 Å². The zero-order chi connectivity index (χ0) is 36.2. The summed E-state index contributed by atoms with van der Waals surface area (Å²) in [5.74, 6) is -2.79. The number of methoxy groups -OCH3 is 4. The summed E-state index contributed by atoms with van der Waals surface area (Å²) in [5.41, 5.74) is 6.75. The first-order valence-corrected chi connectivity index (χ1v) is 14.3. The van der Waals surface area contributed by atoms with E-state index in [1.807, 2.05) is 0 Å². The Bertz CT molecular complexity index is 998. The second-order valence-electron chi connectivity index (χ2n) is 8.82. The number of ether oxygens (including phenoxy) is 4. The van der Waals surface area contributed by atoms with Crippen molar-refractivity contribution in [1.82, 2.24) is 31.8 Å². The summed E-state index contributed by atoms with van der Waals surface area (Å²) in [4.78, 5) is 100. The lowest BCUT2D eigenvalue weighted by Crippen LogP contribution is -2.45. The first-order valence-electron chi connectivity index (χ1n) is 14.3. The fraction of sp³-hybridized carbons (Fsp3) is 0.692. The van der Waals surface area contributed by atoms with Crippen LogP contribution in [0.25, 0.3) is 0 Å². The number of nitrogens with zero attached hydrogens (tertiary/aromatic N) is 1. The van der Waals surface area contributed by atoms with E-state index in [4.69, 9.17) is 4.84 Å². The van der Waals surface area contributed by atoms with E-state index in [-0.39, 0.29) is 19.3 Å². The average Bonchev–Trinajstić information content (AvgIpc) is 3.39. The van der Waals surface area contributed by atoms with Crippen LogP contribution in [0.15, 0.2) is 0 Å². The van der Waals surface area contributed by atoms with Gasteiger partial charge in [-0.1, -0.05) is 0 Å². The maximum absolute atomic E-state index is 12.1. The Hall–Kier alpha value is -4.92. The van der Waals surface area contributed by atoms with Gasteiger partial charge >= 0.3 is 36.3 Å². The first kappa shape index (κ1) is 44.2. The van der Waals surface area contributed by atoms with Crippen molar-refractivity contribution in [3.8, 4) is 0 Å². The molecule has 1 aliphatic heterocycles. The van der Waals surface area contributed by atoms with Crippen LogP contribution in [0.4, 0.5) is 19.2 Å². The van der Waals surface area contributed by atoms with Gasteiger partial charge in [0.05, 0.1) is 28.4 Å².